The molecule has 0 aliphatic carbocycles. The van der Waals surface area contributed by atoms with E-state index >= 15 is 0 Å². The number of Topliss-reactive ketones (excluding diaryl/α,β-unsaturated/α-hetero) is 1. The number of nitrogens with two attached hydrogens (primary N) is 1. The topological polar surface area (TPSA) is 113 Å². The maximum atomic E-state index is 13.6. The summed E-state index contributed by atoms with van der Waals surface area (Å²) in [6.07, 6.45) is 6.79. The normalized spacial score (nSPS) is 15.3. The summed E-state index contributed by atoms with van der Waals surface area (Å²) in [6.45, 7) is 1.58. The number of hydrogen-bond donors (Lipinski definition) is 1. The van der Waals surface area contributed by atoms with Crippen LogP contribution < -0.4 is 15.2 Å². The Bertz CT molecular complexity index is 1790. The molecule has 1 aliphatic rings. The van der Waals surface area contributed by atoms with Gasteiger partial charge in [0.2, 0.25) is 11.7 Å². The summed E-state index contributed by atoms with van der Waals surface area (Å²) in [4.78, 5) is 28.2. The van der Waals surface area contributed by atoms with Crippen molar-refractivity contribution in [2.45, 2.75) is 31.8 Å². The Labute approximate surface area is 247 Å². The van der Waals surface area contributed by atoms with Crippen LogP contribution in [0.15, 0.2) is 73.1 Å². The van der Waals surface area contributed by atoms with Crippen molar-refractivity contribution in [2.24, 2.45) is 5.73 Å². The molecule has 5 aromatic rings. The minimum absolute atomic E-state index is 0.187. The molecule has 0 bridgehead atoms. The molecule has 3 aromatic carbocycles. The van der Waals surface area contributed by atoms with Gasteiger partial charge in [0.15, 0.2) is 6.61 Å². The van der Waals surface area contributed by atoms with E-state index in [1.165, 1.54) is 6.42 Å². The number of halogens is 1. The molecule has 9 nitrogen and oxygen atoms in total. The third-order valence-electron chi connectivity index (χ3n) is 7.82. The van der Waals surface area contributed by atoms with Crippen molar-refractivity contribution >= 4 is 45.0 Å². The van der Waals surface area contributed by atoms with Crippen LogP contribution in [-0.4, -0.2) is 57.6 Å². The van der Waals surface area contributed by atoms with Gasteiger partial charge >= 0.3 is 0 Å². The first-order chi connectivity index (χ1) is 20.4. The van der Waals surface area contributed by atoms with E-state index in [2.05, 4.69) is 26.7 Å². The van der Waals surface area contributed by atoms with Crippen LogP contribution in [0.5, 0.6) is 17.4 Å². The van der Waals surface area contributed by atoms with E-state index in [1.807, 2.05) is 30.5 Å². The van der Waals surface area contributed by atoms with Gasteiger partial charge in [0.05, 0.1) is 11.1 Å². The summed E-state index contributed by atoms with van der Waals surface area (Å²) in [7, 11) is 2.16. The van der Waals surface area contributed by atoms with Gasteiger partial charge in [-0.05, 0) is 86.1 Å². The molecule has 0 spiro atoms. The van der Waals surface area contributed by atoms with Crippen molar-refractivity contribution in [3.63, 3.8) is 0 Å². The summed E-state index contributed by atoms with van der Waals surface area (Å²) >= 11 is 6.12. The van der Waals surface area contributed by atoms with Gasteiger partial charge < -0.3 is 24.7 Å². The van der Waals surface area contributed by atoms with E-state index in [0.29, 0.717) is 28.3 Å². The maximum absolute atomic E-state index is 13.6. The van der Waals surface area contributed by atoms with Gasteiger partial charge in [-0.15, -0.1) is 5.10 Å². The number of hydrogen-bond acceptors (Lipinski definition) is 7. The monoisotopic (exact) mass is 583 g/mol. The molecule has 2 aromatic heterocycles. The zero-order chi connectivity index (χ0) is 29.2. The highest BCUT2D eigenvalue weighted by molar-refractivity contribution is 6.31. The SMILES string of the molecule is CN1CCCC1CCn1cc(C(=O)COc2cc3ccc(Cl)cc3cc2C(N)=O)c2ccc(Oc3cccnn3)cc21. The number of ether oxygens (including phenoxy) is 2. The molecule has 42 heavy (non-hydrogen) atoms. The highest BCUT2D eigenvalue weighted by atomic mass is 35.5. The first-order valence-electron chi connectivity index (χ1n) is 13.8. The minimum atomic E-state index is -0.650. The molecule has 1 unspecified atom stereocenters. The molecule has 10 heteroatoms. The quantitative estimate of drug-likeness (QED) is 0.204. The Morgan fingerprint density at radius 1 is 1.07 bits per heavy atom. The molecular formula is C32H30ClN5O4. The lowest BCUT2D eigenvalue weighted by molar-refractivity contribution is 0.0913. The lowest BCUT2D eigenvalue weighted by Gasteiger charge is -2.19. The highest BCUT2D eigenvalue weighted by Crippen LogP contribution is 2.31. The second kappa shape index (κ2) is 11.8. The Morgan fingerprint density at radius 3 is 2.71 bits per heavy atom. The van der Waals surface area contributed by atoms with Crippen LogP contribution in [0.4, 0.5) is 0 Å². The van der Waals surface area contributed by atoms with Gasteiger partial charge in [-0.25, -0.2) is 0 Å². The van der Waals surface area contributed by atoms with Crippen molar-refractivity contribution in [3.05, 3.63) is 89.2 Å². The van der Waals surface area contributed by atoms with Gasteiger partial charge in [-0.2, -0.15) is 5.10 Å². The number of carbonyl (C=O) groups is 2. The number of fused-ring (bicyclic) bond motifs is 2. The van der Waals surface area contributed by atoms with Crippen molar-refractivity contribution in [1.29, 1.82) is 0 Å². The molecule has 214 valence electrons. The first kappa shape index (κ1) is 27.7. The van der Waals surface area contributed by atoms with Crippen LogP contribution in [0.2, 0.25) is 5.02 Å². The summed E-state index contributed by atoms with van der Waals surface area (Å²) in [5, 5.41) is 10.8. The Balaban J connectivity index is 1.29. The van der Waals surface area contributed by atoms with E-state index in [9.17, 15) is 9.59 Å². The number of amides is 1. The van der Waals surface area contributed by atoms with Crippen molar-refractivity contribution in [2.75, 3.05) is 20.2 Å². The van der Waals surface area contributed by atoms with Crippen LogP contribution in [0.25, 0.3) is 21.7 Å². The highest BCUT2D eigenvalue weighted by Gasteiger charge is 2.23. The molecule has 0 radical (unpaired) electrons. The number of ketones is 1. The fourth-order valence-corrected chi connectivity index (χ4v) is 5.80. The van der Waals surface area contributed by atoms with Crippen molar-refractivity contribution in [1.82, 2.24) is 19.7 Å². The molecule has 1 amide bonds. The zero-order valence-electron chi connectivity index (χ0n) is 23.1. The molecular weight excluding hydrogens is 554 g/mol. The van der Waals surface area contributed by atoms with E-state index in [4.69, 9.17) is 26.8 Å². The van der Waals surface area contributed by atoms with Gasteiger partial charge in [-0.1, -0.05) is 17.7 Å². The van der Waals surface area contributed by atoms with Crippen LogP contribution in [0, 0.1) is 0 Å². The van der Waals surface area contributed by atoms with Crippen LogP contribution in [-0.2, 0) is 6.54 Å². The van der Waals surface area contributed by atoms with Crippen LogP contribution in [0.3, 0.4) is 0 Å². The molecule has 2 N–H and O–H groups in total. The molecule has 1 saturated heterocycles. The number of benzene rings is 3. The van der Waals surface area contributed by atoms with Crippen molar-refractivity contribution < 1.29 is 19.1 Å². The van der Waals surface area contributed by atoms with E-state index in [0.717, 1.165) is 47.6 Å². The number of aromatic nitrogens is 3. The lowest BCUT2D eigenvalue weighted by Crippen LogP contribution is -2.25. The Hall–Kier alpha value is -4.47. The average Bonchev–Trinajstić information content (AvgIpc) is 3.57. The standard InChI is InChI=1S/C32H30ClN5O4/c1-37-12-3-4-23(37)10-13-38-18-27(25-9-8-24(17-28(25)38)42-31-5-2-11-35-36-31)29(39)19-41-30-16-20-6-7-22(33)14-21(20)15-26(30)32(34)40/h2,5-9,11,14-18,23H,3-4,10,12-13,19H2,1H3,(H2,34,40). The Morgan fingerprint density at radius 2 is 1.95 bits per heavy atom. The van der Waals surface area contributed by atoms with E-state index in [-0.39, 0.29) is 23.7 Å². The van der Waals surface area contributed by atoms with E-state index < -0.39 is 5.91 Å². The number of likely N-dealkylation sites (tertiary alicyclic amines) is 1. The predicted molar refractivity (Wildman–Crippen MR) is 162 cm³/mol. The second-order valence-corrected chi connectivity index (χ2v) is 11.0. The van der Waals surface area contributed by atoms with Crippen LogP contribution in [0.1, 0.15) is 40.0 Å². The summed E-state index contributed by atoms with van der Waals surface area (Å²) in [5.74, 6) is 0.362. The number of nitrogens with zero attached hydrogens (tertiary/aromatic N) is 4. The Kier molecular flexibility index (Phi) is 7.78. The summed E-state index contributed by atoms with van der Waals surface area (Å²) in [5.41, 5.74) is 7.23. The van der Waals surface area contributed by atoms with Gasteiger partial charge in [-0.3, -0.25) is 9.59 Å². The molecule has 6 rings (SSSR count). The fourth-order valence-electron chi connectivity index (χ4n) is 5.62. The third-order valence-corrected chi connectivity index (χ3v) is 8.06. The smallest absolute Gasteiger partial charge is 0.252 e. The molecule has 1 fully saturated rings. The zero-order valence-corrected chi connectivity index (χ0v) is 23.9. The number of rotatable bonds is 10. The molecule has 3 heterocycles. The first-order valence-corrected chi connectivity index (χ1v) is 14.2. The summed E-state index contributed by atoms with van der Waals surface area (Å²) < 4.78 is 14.0. The summed E-state index contributed by atoms with van der Waals surface area (Å²) in [6, 6.07) is 18.3. The number of aryl methyl sites for hydroxylation is 1. The lowest BCUT2D eigenvalue weighted by atomic mass is 10.1. The van der Waals surface area contributed by atoms with Crippen LogP contribution >= 0.6 is 11.6 Å². The third kappa shape index (κ3) is 5.79. The second-order valence-electron chi connectivity index (χ2n) is 10.6. The minimum Gasteiger partial charge on any atom is -0.485 e. The fraction of sp³-hybridized carbons (Fsp3) is 0.250. The molecule has 0 saturated carbocycles. The van der Waals surface area contributed by atoms with Crippen molar-refractivity contribution in [3.8, 4) is 17.4 Å². The van der Waals surface area contributed by atoms with Gasteiger partial charge in [0, 0.05) is 53.1 Å². The van der Waals surface area contributed by atoms with Gasteiger partial charge in [0.1, 0.15) is 11.5 Å². The average molecular weight is 584 g/mol. The predicted octanol–water partition coefficient (Wildman–Crippen LogP) is 5.88. The van der Waals surface area contributed by atoms with E-state index in [1.54, 1.807) is 42.6 Å². The number of carbonyl (C=O) groups excluding carboxylic acids is 2. The molecule has 1 aliphatic heterocycles. The molecule has 1 atom stereocenters. The maximum Gasteiger partial charge on any atom is 0.252 e. The van der Waals surface area contributed by atoms with Gasteiger partial charge in [0.25, 0.3) is 5.91 Å². The number of primary amides is 1. The largest absolute Gasteiger partial charge is 0.485 e.